The second kappa shape index (κ2) is 9.59. The van der Waals surface area contributed by atoms with Crippen LogP contribution in [-0.4, -0.2) is 38.4 Å². The standard InChI is InChI=1S/C18H27NO3/c1-2-17(15-8-4-3-5-9-15)18(20)19-11-7-12-21-14-16-10-6-13-22-16/h3-5,8-9,16-17H,2,6-7,10-14H2,1H3,(H,19,20). The number of amides is 1. The average molecular weight is 305 g/mol. The molecule has 1 N–H and O–H groups in total. The number of carbonyl (C=O) groups is 1. The summed E-state index contributed by atoms with van der Waals surface area (Å²) in [5, 5.41) is 3.01. The summed E-state index contributed by atoms with van der Waals surface area (Å²) >= 11 is 0. The highest BCUT2D eigenvalue weighted by Crippen LogP contribution is 2.19. The maximum Gasteiger partial charge on any atom is 0.227 e. The van der Waals surface area contributed by atoms with Crippen LogP contribution in [-0.2, 0) is 14.3 Å². The van der Waals surface area contributed by atoms with Gasteiger partial charge in [0.25, 0.3) is 0 Å². The second-order valence-electron chi connectivity index (χ2n) is 5.73. The first kappa shape index (κ1) is 17.0. The molecule has 0 radical (unpaired) electrons. The third kappa shape index (κ3) is 5.43. The zero-order valence-electron chi connectivity index (χ0n) is 13.4. The zero-order valence-corrected chi connectivity index (χ0v) is 13.4. The Kier molecular flexibility index (Phi) is 7.40. The molecule has 4 nitrogen and oxygen atoms in total. The van der Waals surface area contributed by atoms with Gasteiger partial charge >= 0.3 is 0 Å². The van der Waals surface area contributed by atoms with Crippen molar-refractivity contribution in [3.05, 3.63) is 35.9 Å². The molecule has 1 fully saturated rings. The Balaban J connectivity index is 1.60. The smallest absolute Gasteiger partial charge is 0.227 e. The Labute approximate surface area is 133 Å². The first-order valence-electron chi connectivity index (χ1n) is 8.33. The molecule has 1 amide bonds. The van der Waals surface area contributed by atoms with Crippen molar-refractivity contribution < 1.29 is 14.3 Å². The van der Waals surface area contributed by atoms with Crippen molar-refractivity contribution in [3.63, 3.8) is 0 Å². The fourth-order valence-electron chi connectivity index (χ4n) is 2.76. The van der Waals surface area contributed by atoms with Gasteiger partial charge in [-0.15, -0.1) is 0 Å². The predicted octanol–water partition coefficient (Wildman–Crippen LogP) is 2.88. The number of rotatable bonds is 9. The lowest BCUT2D eigenvalue weighted by atomic mass is 9.96. The third-order valence-corrected chi connectivity index (χ3v) is 4.02. The molecule has 1 aromatic carbocycles. The maximum atomic E-state index is 12.2. The summed E-state index contributed by atoms with van der Waals surface area (Å²) in [6.07, 6.45) is 4.17. The van der Waals surface area contributed by atoms with E-state index < -0.39 is 0 Å². The quantitative estimate of drug-likeness (QED) is 0.714. The number of ether oxygens (including phenoxy) is 2. The van der Waals surface area contributed by atoms with Gasteiger partial charge in [-0.2, -0.15) is 0 Å². The van der Waals surface area contributed by atoms with Crippen LogP contribution in [0.4, 0.5) is 0 Å². The summed E-state index contributed by atoms with van der Waals surface area (Å²) in [6.45, 7) is 4.91. The molecule has 1 aliphatic heterocycles. The topological polar surface area (TPSA) is 47.6 Å². The Morgan fingerprint density at radius 3 is 2.91 bits per heavy atom. The highest BCUT2D eigenvalue weighted by atomic mass is 16.5. The van der Waals surface area contributed by atoms with Crippen molar-refractivity contribution in [2.45, 2.75) is 44.6 Å². The van der Waals surface area contributed by atoms with E-state index in [1.807, 2.05) is 37.3 Å². The van der Waals surface area contributed by atoms with Gasteiger partial charge in [0.1, 0.15) is 0 Å². The van der Waals surface area contributed by atoms with E-state index in [2.05, 4.69) is 5.32 Å². The number of hydrogen-bond acceptors (Lipinski definition) is 3. The van der Waals surface area contributed by atoms with Crippen molar-refractivity contribution in [1.82, 2.24) is 5.32 Å². The molecular formula is C18H27NO3. The summed E-state index contributed by atoms with van der Waals surface area (Å²) in [6, 6.07) is 9.95. The largest absolute Gasteiger partial charge is 0.379 e. The second-order valence-corrected chi connectivity index (χ2v) is 5.73. The van der Waals surface area contributed by atoms with Crippen molar-refractivity contribution in [2.24, 2.45) is 0 Å². The minimum absolute atomic E-state index is 0.0611. The van der Waals surface area contributed by atoms with Crippen LogP contribution in [0.1, 0.15) is 44.1 Å². The summed E-state index contributed by atoms with van der Waals surface area (Å²) in [5.41, 5.74) is 1.08. The molecule has 0 aromatic heterocycles. The molecule has 1 saturated heterocycles. The van der Waals surface area contributed by atoms with Gasteiger partial charge in [-0.1, -0.05) is 37.3 Å². The number of carbonyl (C=O) groups excluding carboxylic acids is 1. The summed E-state index contributed by atoms with van der Waals surface area (Å²) in [7, 11) is 0. The van der Waals surface area contributed by atoms with Gasteiger partial charge < -0.3 is 14.8 Å². The van der Waals surface area contributed by atoms with Crippen LogP contribution in [0.25, 0.3) is 0 Å². The van der Waals surface area contributed by atoms with Crippen LogP contribution in [0.3, 0.4) is 0 Å². The van der Waals surface area contributed by atoms with Crippen LogP contribution in [0.2, 0.25) is 0 Å². The van der Waals surface area contributed by atoms with E-state index in [1.54, 1.807) is 0 Å². The van der Waals surface area contributed by atoms with E-state index in [0.717, 1.165) is 37.9 Å². The van der Waals surface area contributed by atoms with E-state index >= 15 is 0 Å². The Morgan fingerprint density at radius 2 is 2.23 bits per heavy atom. The Bertz CT molecular complexity index is 429. The predicted molar refractivity (Wildman–Crippen MR) is 86.9 cm³/mol. The molecule has 2 unspecified atom stereocenters. The van der Waals surface area contributed by atoms with Crippen LogP contribution >= 0.6 is 0 Å². The van der Waals surface area contributed by atoms with Gasteiger partial charge in [-0.05, 0) is 31.2 Å². The molecule has 0 spiro atoms. The summed E-state index contributed by atoms with van der Waals surface area (Å²) in [4.78, 5) is 12.2. The van der Waals surface area contributed by atoms with Crippen LogP contribution in [0.5, 0.6) is 0 Å². The van der Waals surface area contributed by atoms with Gasteiger partial charge in [-0.3, -0.25) is 4.79 Å². The zero-order chi connectivity index (χ0) is 15.6. The van der Waals surface area contributed by atoms with Gasteiger partial charge in [0.05, 0.1) is 18.6 Å². The highest BCUT2D eigenvalue weighted by Gasteiger charge is 2.18. The molecule has 22 heavy (non-hydrogen) atoms. The lowest BCUT2D eigenvalue weighted by Crippen LogP contribution is -2.30. The van der Waals surface area contributed by atoms with Crippen LogP contribution in [0.15, 0.2) is 30.3 Å². The van der Waals surface area contributed by atoms with Crippen molar-refractivity contribution in [1.29, 1.82) is 0 Å². The van der Waals surface area contributed by atoms with E-state index in [0.29, 0.717) is 19.8 Å². The average Bonchev–Trinajstić information content (AvgIpc) is 3.06. The molecule has 122 valence electrons. The molecule has 0 aliphatic carbocycles. The van der Waals surface area contributed by atoms with Crippen molar-refractivity contribution >= 4 is 5.91 Å². The fourth-order valence-corrected chi connectivity index (χ4v) is 2.76. The molecule has 4 heteroatoms. The minimum atomic E-state index is -0.0611. The first-order valence-corrected chi connectivity index (χ1v) is 8.33. The lowest BCUT2D eigenvalue weighted by Gasteiger charge is -2.15. The SMILES string of the molecule is CCC(C(=O)NCCCOCC1CCCO1)c1ccccc1. The maximum absolute atomic E-state index is 12.2. The number of hydrogen-bond donors (Lipinski definition) is 1. The van der Waals surface area contributed by atoms with Gasteiger partial charge in [0, 0.05) is 19.8 Å². The normalized spacial score (nSPS) is 19.0. The molecule has 2 atom stereocenters. The van der Waals surface area contributed by atoms with E-state index in [-0.39, 0.29) is 17.9 Å². The molecule has 0 saturated carbocycles. The van der Waals surface area contributed by atoms with E-state index in [9.17, 15) is 4.79 Å². The van der Waals surface area contributed by atoms with Gasteiger partial charge in [0.2, 0.25) is 5.91 Å². The van der Waals surface area contributed by atoms with E-state index in [4.69, 9.17) is 9.47 Å². The van der Waals surface area contributed by atoms with Crippen molar-refractivity contribution in [2.75, 3.05) is 26.4 Å². The molecule has 1 aromatic rings. The monoisotopic (exact) mass is 305 g/mol. The highest BCUT2D eigenvalue weighted by molar-refractivity contribution is 5.83. The number of nitrogens with one attached hydrogen (secondary N) is 1. The number of benzene rings is 1. The van der Waals surface area contributed by atoms with Crippen LogP contribution < -0.4 is 5.32 Å². The van der Waals surface area contributed by atoms with Crippen molar-refractivity contribution in [3.8, 4) is 0 Å². The lowest BCUT2D eigenvalue weighted by molar-refractivity contribution is -0.122. The first-order chi connectivity index (χ1) is 10.8. The summed E-state index contributed by atoms with van der Waals surface area (Å²) in [5.74, 6) is 0.0434. The van der Waals surface area contributed by atoms with E-state index in [1.165, 1.54) is 0 Å². The van der Waals surface area contributed by atoms with Gasteiger partial charge in [-0.25, -0.2) is 0 Å². The minimum Gasteiger partial charge on any atom is -0.379 e. The Hall–Kier alpha value is -1.39. The fraction of sp³-hybridized carbons (Fsp3) is 0.611. The summed E-state index contributed by atoms with van der Waals surface area (Å²) < 4.78 is 11.1. The molecule has 2 rings (SSSR count). The third-order valence-electron chi connectivity index (χ3n) is 4.02. The molecule has 1 heterocycles. The molecule has 1 aliphatic rings. The molecule has 0 bridgehead atoms. The molecular weight excluding hydrogens is 278 g/mol. The van der Waals surface area contributed by atoms with Crippen LogP contribution in [0, 0.1) is 0 Å². The Morgan fingerprint density at radius 1 is 1.41 bits per heavy atom. The van der Waals surface area contributed by atoms with Gasteiger partial charge in [0.15, 0.2) is 0 Å².